The van der Waals surface area contributed by atoms with Crippen LogP contribution in [0.1, 0.15) is 37.3 Å². The van der Waals surface area contributed by atoms with Gasteiger partial charge < -0.3 is 15.8 Å². The molecule has 0 atom stereocenters. The molecular formula is C24H30N2O. The van der Waals surface area contributed by atoms with Gasteiger partial charge in [0.15, 0.2) is 0 Å². The quantitative estimate of drug-likeness (QED) is 0.467. The second-order valence-electron chi connectivity index (χ2n) is 6.91. The molecule has 0 spiro atoms. The number of aryl methyl sites for hydroxylation is 1. The first kappa shape index (κ1) is 19.2. The Labute approximate surface area is 162 Å². The van der Waals surface area contributed by atoms with Gasteiger partial charge in [-0.2, -0.15) is 0 Å². The summed E-state index contributed by atoms with van der Waals surface area (Å²) in [6.07, 6.45) is 4.51. The van der Waals surface area contributed by atoms with Crippen LogP contribution in [0.25, 0.3) is 10.8 Å². The second kappa shape index (κ2) is 9.98. The topological polar surface area (TPSA) is 47.3 Å². The van der Waals surface area contributed by atoms with E-state index in [1.165, 1.54) is 29.2 Å². The van der Waals surface area contributed by atoms with Crippen molar-refractivity contribution in [1.82, 2.24) is 0 Å². The molecule has 3 heteroatoms. The predicted molar refractivity (Wildman–Crippen MR) is 115 cm³/mol. The number of fused-ring (bicyclic) bond motifs is 1. The van der Waals surface area contributed by atoms with Gasteiger partial charge in [-0.15, -0.1) is 0 Å². The molecule has 0 aliphatic carbocycles. The number of nitrogens with one attached hydrogen (secondary N) is 1. The van der Waals surface area contributed by atoms with Crippen molar-refractivity contribution >= 4 is 16.5 Å². The summed E-state index contributed by atoms with van der Waals surface area (Å²) in [7, 11) is 0. The summed E-state index contributed by atoms with van der Waals surface area (Å²) >= 11 is 0. The van der Waals surface area contributed by atoms with Gasteiger partial charge in [0, 0.05) is 24.2 Å². The first-order valence-electron chi connectivity index (χ1n) is 9.98. The van der Waals surface area contributed by atoms with Crippen molar-refractivity contribution in [3.05, 3.63) is 71.8 Å². The first-order chi connectivity index (χ1) is 13.3. The molecule has 0 radical (unpaired) electrons. The lowest BCUT2D eigenvalue weighted by molar-refractivity contribution is 0.318. The summed E-state index contributed by atoms with van der Waals surface area (Å²) in [6.45, 7) is 4.38. The van der Waals surface area contributed by atoms with E-state index in [1.54, 1.807) is 0 Å². The van der Waals surface area contributed by atoms with Crippen LogP contribution in [0.4, 0.5) is 5.69 Å². The average Bonchev–Trinajstić information content (AvgIpc) is 2.72. The van der Waals surface area contributed by atoms with Crippen LogP contribution in [0.3, 0.4) is 0 Å². The van der Waals surface area contributed by atoms with Crippen LogP contribution < -0.4 is 15.8 Å². The Morgan fingerprint density at radius 3 is 2.59 bits per heavy atom. The highest BCUT2D eigenvalue weighted by molar-refractivity contribution is 5.91. The molecule has 0 amide bonds. The Kier molecular flexibility index (Phi) is 7.11. The van der Waals surface area contributed by atoms with Crippen LogP contribution in [-0.2, 0) is 13.0 Å². The van der Waals surface area contributed by atoms with Gasteiger partial charge in [-0.25, -0.2) is 0 Å². The van der Waals surface area contributed by atoms with Crippen molar-refractivity contribution in [3.63, 3.8) is 0 Å². The molecule has 27 heavy (non-hydrogen) atoms. The maximum absolute atomic E-state index is 6.10. The van der Waals surface area contributed by atoms with Crippen LogP contribution in [0.5, 0.6) is 5.75 Å². The van der Waals surface area contributed by atoms with Crippen molar-refractivity contribution in [2.24, 2.45) is 5.73 Å². The number of unbranched alkanes of at least 4 members (excludes halogenated alkanes) is 1. The van der Waals surface area contributed by atoms with Crippen LogP contribution in [0.2, 0.25) is 0 Å². The number of hydrogen-bond acceptors (Lipinski definition) is 3. The van der Waals surface area contributed by atoms with E-state index in [1.807, 2.05) is 12.1 Å². The highest BCUT2D eigenvalue weighted by atomic mass is 16.5. The molecule has 0 heterocycles. The molecule has 0 bridgehead atoms. The number of benzene rings is 3. The second-order valence-corrected chi connectivity index (χ2v) is 6.91. The normalized spacial score (nSPS) is 10.9. The number of rotatable bonds is 10. The first-order valence-corrected chi connectivity index (χ1v) is 9.98. The molecule has 0 aliphatic heterocycles. The van der Waals surface area contributed by atoms with E-state index in [2.05, 4.69) is 60.8 Å². The maximum Gasteiger partial charge on any atom is 0.127 e. The van der Waals surface area contributed by atoms with Gasteiger partial charge in [0.2, 0.25) is 0 Å². The molecule has 0 saturated carbocycles. The summed E-state index contributed by atoms with van der Waals surface area (Å²) in [5.41, 5.74) is 9.37. The van der Waals surface area contributed by atoms with Gasteiger partial charge in [0.1, 0.15) is 5.75 Å². The van der Waals surface area contributed by atoms with Crippen LogP contribution in [0.15, 0.2) is 60.7 Å². The molecule has 3 nitrogen and oxygen atoms in total. The fraction of sp³-hybridized carbons (Fsp3) is 0.333. The fourth-order valence-electron chi connectivity index (χ4n) is 3.34. The van der Waals surface area contributed by atoms with E-state index in [9.17, 15) is 0 Å². The minimum absolute atomic E-state index is 0.569. The van der Waals surface area contributed by atoms with Crippen molar-refractivity contribution in [2.45, 2.75) is 39.2 Å². The molecule has 0 aliphatic rings. The van der Waals surface area contributed by atoms with Gasteiger partial charge in [-0.1, -0.05) is 55.8 Å². The highest BCUT2D eigenvalue weighted by Crippen LogP contribution is 2.29. The third-order valence-corrected chi connectivity index (χ3v) is 4.84. The molecule has 0 unspecified atom stereocenters. The Hall–Kier alpha value is -2.52. The van der Waals surface area contributed by atoms with E-state index < -0.39 is 0 Å². The zero-order valence-corrected chi connectivity index (χ0v) is 16.2. The van der Waals surface area contributed by atoms with E-state index in [0.29, 0.717) is 13.2 Å². The standard InChI is InChI=1S/C24H30N2O/c1-2-3-9-20-13-14-24(23-12-5-4-11-22(20)23)27-16-7-15-26-21-10-6-8-19(17-21)18-25/h4-6,8,10-14,17,26H,2-3,7,9,15-16,18,25H2,1H3. The summed E-state index contributed by atoms with van der Waals surface area (Å²) in [6, 6.07) is 21.2. The Morgan fingerprint density at radius 1 is 0.926 bits per heavy atom. The minimum Gasteiger partial charge on any atom is -0.493 e. The Morgan fingerprint density at radius 2 is 1.78 bits per heavy atom. The smallest absolute Gasteiger partial charge is 0.127 e. The third-order valence-electron chi connectivity index (χ3n) is 4.84. The molecule has 142 valence electrons. The third kappa shape index (κ3) is 5.24. The van der Waals surface area contributed by atoms with Crippen molar-refractivity contribution in [1.29, 1.82) is 0 Å². The van der Waals surface area contributed by atoms with Crippen molar-refractivity contribution < 1.29 is 4.74 Å². The van der Waals surface area contributed by atoms with Gasteiger partial charge in [0.25, 0.3) is 0 Å². The van der Waals surface area contributed by atoms with Gasteiger partial charge in [-0.3, -0.25) is 0 Å². The maximum atomic E-state index is 6.10. The van der Waals surface area contributed by atoms with E-state index in [4.69, 9.17) is 10.5 Å². The zero-order chi connectivity index (χ0) is 18.9. The molecule has 3 aromatic carbocycles. The number of anilines is 1. The largest absolute Gasteiger partial charge is 0.493 e. The minimum atomic E-state index is 0.569. The molecule has 3 rings (SSSR count). The number of hydrogen-bond donors (Lipinski definition) is 2. The van der Waals surface area contributed by atoms with Crippen LogP contribution >= 0.6 is 0 Å². The molecule has 3 N–H and O–H groups in total. The summed E-state index contributed by atoms with van der Waals surface area (Å²) in [5, 5.41) is 5.98. The predicted octanol–water partition coefficient (Wildman–Crippen LogP) is 5.52. The molecular weight excluding hydrogens is 332 g/mol. The molecule has 0 fully saturated rings. The lowest BCUT2D eigenvalue weighted by Gasteiger charge is -2.13. The number of nitrogens with two attached hydrogens (primary N) is 1. The average molecular weight is 363 g/mol. The molecule has 0 aromatic heterocycles. The number of ether oxygens (including phenoxy) is 1. The monoisotopic (exact) mass is 362 g/mol. The van der Waals surface area contributed by atoms with Crippen LogP contribution in [0, 0.1) is 0 Å². The summed E-state index contributed by atoms with van der Waals surface area (Å²) in [4.78, 5) is 0. The Balaban J connectivity index is 1.55. The van der Waals surface area contributed by atoms with E-state index >= 15 is 0 Å². The lowest BCUT2D eigenvalue weighted by Crippen LogP contribution is -2.08. The summed E-state index contributed by atoms with van der Waals surface area (Å²) in [5.74, 6) is 0.982. The van der Waals surface area contributed by atoms with Gasteiger partial charge in [0.05, 0.1) is 6.61 Å². The van der Waals surface area contributed by atoms with Crippen LogP contribution in [-0.4, -0.2) is 13.2 Å². The van der Waals surface area contributed by atoms with Crippen molar-refractivity contribution in [3.8, 4) is 5.75 Å². The highest BCUT2D eigenvalue weighted by Gasteiger charge is 2.06. The van der Waals surface area contributed by atoms with Crippen molar-refractivity contribution in [2.75, 3.05) is 18.5 Å². The van der Waals surface area contributed by atoms with Gasteiger partial charge in [-0.05, 0) is 54.0 Å². The lowest BCUT2D eigenvalue weighted by atomic mass is 9.99. The van der Waals surface area contributed by atoms with E-state index in [-0.39, 0.29) is 0 Å². The fourth-order valence-corrected chi connectivity index (χ4v) is 3.34. The van der Waals surface area contributed by atoms with E-state index in [0.717, 1.165) is 36.4 Å². The molecule has 0 saturated heterocycles. The summed E-state index contributed by atoms with van der Waals surface area (Å²) < 4.78 is 6.10. The van der Waals surface area contributed by atoms with Gasteiger partial charge >= 0.3 is 0 Å². The zero-order valence-electron chi connectivity index (χ0n) is 16.2. The molecule has 3 aromatic rings. The Bertz CT molecular complexity index is 860. The SMILES string of the molecule is CCCCc1ccc(OCCCNc2cccc(CN)c2)c2ccccc12.